The second-order valence-corrected chi connectivity index (χ2v) is 6.63. The molecule has 0 saturated carbocycles. The Balaban J connectivity index is 2.19. The van der Waals surface area contributed by atoms with Crippen molar-refractivity contribution in [2.75, 3.05) is 6.61 Å². The van der Waals surface area contributed by atoms with Crippen LogP contribution >= 0.6 is 0 Å². The lowest BCUT2D eigenvalue weighted by Crippen LogP contribution is -2.25. The highest BCUT2D eigenvalue weighted by atomic mass is 16.6. The van der Waals surface area contributed by atoms with E-state index in [9.17, 15) is 9.59 Å². The Morgan fingerprint density at radius 1 is 1.04 bits per heavy atom. The molecule has 5 nitrogen and oxygen atoms in total. The number of ether oxygens (including phenoxy) is 2. The predicted octanol–water partition coefficient (Wildman–Crippen LogP) is 4.78. The molecule has 0 fully saturated rings. The van der Waals surface area contributed by atoms with Gasteiger partial charge in [0.05, 0.1) is 13.0 Å². The molecular formula is C20H23NO4. The van der Waals surface area contributed by atoms with Crippen molar-refractivity contribution in [2.45, 2.75) is 34.1 Å². The van der Waals surface area contributed by atoms with Crippen LogP contribution in [0.4, 0.5) is 4.79 Å². The Hall–Kier alpha value is -2.69. The third kappa shape index (κ3) is 5.14. The molecule has 25 heavy (non-hydrogen) atoms. The van der Waals surface area contributed by atoms with Crippen LogP contribution in [0.15, 0.2) is 47.5 Å². The number of benzene rings is 2. The summed E-state index contributed by atoms with van der Waals surface area (Å²) in [5.74, 6) is 0.440. The van der Waals surface area contributed by atoms with E-state index in [1.807, 2.05) is 51.1 Å². The Morgan fingerprint density at radius 2 is 1.72 bits per heavy atom. The van der Waals surface area contributed by atoms with Gasteiger partial charge in [-0.2, -0.15) is 0 Å². The average Bonchev–Trinajstić information content (AvgIpc) is 2.54. The molecule has 1 amide bonds. The summed E-state index contributed by atoms with van der Waals surface area (Å²) in [5.41, 5.74) is -0.530. The molecule has 0 spiro atoms. The Labute approximate surface area is 147 Å². The van der Waals surface area contributed by atoms with Crippen LogP contribution in [0.1, 0.15) is 34.1 Å². The number of aliphatic imine (C=N–C) groups is 1. The topological polar surface area (TPSA) is 65.0 Å². The van der Waals surface area contributed by atoms with Crippen LogP contribution in [-0.4, -0.2) is 24.4 Å². The number of fused-ring (bicyclic) bond motifs is 1. The molecule has 0 radical (unpaired) electrons. The summed E-state index contributed by atoms with van der Waals surface area (Å²) in [7, 11) is 0. The summed E-state index contributed by atoms with van der Waals surface area (Å²) in [5, 5.41) is 1.78. The number of rotatable bonds is 4. The second-order valence-electron chi connectivity index (χ2n) is 6.63. The number of carbonyl (C=O) groups is 2. The van der Waals surface area contributed by atoms with Crippen molar-refractivity contribution in [1.82, 2.24) is 0 Å². The van der Waals surface area contributed by atoms with Gasteiger partial charge in [-0.25, -0.2) is 4.79 Å². The van der Waals surface area contributed by atoms with Crippen molar-refractivity contribution in [1.29, 1.82) is 0 Å². The number of ketones is 1. The van der Waals surface area contributed by atoms with Crippen molar-refractivity contribution in [2.24, 2.45) is 10.4 Å². The molecule has 0 aliphatic rings. The van der Waals surface area contributed by atoms with Gasteiger partial charge in [0.25, 0.3) is 0 Å². The number of hydrogen-bond donors (Lipinski definition) is 0. The normalized spacial score (nSPS) is 12.1. The van der Waals surface area contributed by atoms with E-state index >= 15 is 0 Å². The molecule has 132 valence electrons. The van der Waals surface area contributed by atoms with Gasteiger partial charge < -0.3 is 9.47 Å². The minimum absolute atomic E-state index is 0.0397. The lowest BCUT2D eigenvalue weighted by atomic mass is 9.89. The van der Waals surface area contributed by atoms with Crippen LogP contribution < -0.4 is 4.74 Å². The monoisotopic (exact) mass is 341 g/mol. The molecule has 0 aromatic heterocycles. The zero-order valence-corrected chi connectivity index (χ0v) is 15.0. The van der Waals surface area contributed by atoms with Crippen LogP contribution in [0.5, 0.6) is 5.75 Å². The van der Waals surface area contributed by atoms with Crippen molar-refractivity contribution in [3.8, 4) is 5.75 Å². The maximum atomic E-state index is 12.2. The van der Waals surface area contributed by atoms with Crippen molar-refractivity contribution >= 4 is 28.5 Å². The second kappa shape index (κ2) is 7.92. The molecule has 0 aliphatic carbocycles. The summed E-state index contributed by atoms with van der Waals surface area (Å²) < 4.78 is 10.7. The SMILES string of the molecule is CCO/C(CC(=O)C(C)(C)C)=N\C(=O)Oc1cccc2ccccc12. The van der Waals surface area contributed by atoms with E-state index in [-0.39, 0.29) is 18.1 Å². The summed E-state index contributed by atoms with van der Waals surface area (Å²) in [6.07, 6.45) is -0.844. The Morgan fingerprint density at radius 3 is 2.40 bits per heavy atom. The van der Waals surface area contributed by atoms with Gasteiger partial charge in [-0.3, -0.25) is 4.79 Å². The molecule has 0 aliphatic heterocycles. The summed E-state index contributed by atoms with van der Waals surface area (Å²) in [4.78, 5) is 28.2. The van der Waals surface area contributed by atoms with Gasteiger partial charge in [0.15, 0.2) is 0 Å². The molecule has 2 aromatic carbocycles. The fraction of sp³-hybridized carbons (Fsp3) is 0.350. The number of carbonyl (C=O) groups excluding carboxylic acids is 2. The molecule has 2 rings (SSSR count). The van der Waals surface area contributed by atoms with Gasteiger partial charge >= 0.3 is 6.09 Å². The summed E-state index contributed by atoms with van der Waals surface area (Å²) >= 11 is 0. The third-order valence-corrected chi connectivity index (χ3v) is 3.62. The molecule has 0 bridgehead atoms. The van der Waals surface area contributed by atoms with E-state index in [2.05, 4.69) is 4.99 Å². The molecule has 2 aromatic rings. The smallest absolute Gasteiger partial charge is 0.442 e. The minimum atomic E-state index is -0.804. The zero-order valence-electron chi connectivity index (χ0n) is 15.0. The summed E-state index contributed by atoms with van der Waals surface area (Å²) in [6, 6.07) is 13.0. The highest BCUT2D eigenvalue weighted by molar-refractivity contribution is 6.03. The minimum Gasteiger partial charge on any atom is -0.481 e. The first-order valence-corrected chi connectivity index (χ1v) is 8.24. The first-order valence-electron chi connectivity index (χ1n) is 8.24. The molecule has 5 heteroatoms. The van der Waals surface area contributed by atoms with Crippen molar-refractivity contribution in [3.63, 3.8) is 0 Å². The molecule has 0 unspecified atom stereocenters. The van der Waals surface area contributed by atoms with Crippen LogP contribution in [0, 0.1) is 5.41 Å². The number of amides is 1. The summed E-state index contributed by atoms with van der Waals surface area (Å²) in [6.45, 7) is 7.53. The maximum absolute atomic E-state index is 12.2. The number of nitrogens with zero attached hydrogens (tertiary/aromatic N) is 1. The highest BCUT2D eigenvalue weighted by Crippen LogP contribution is 2.25. The first kappa shape index (κ1) is 18.6. The lowest BCUT2D eigenvalue weighted by Gasteiger charge is -2.17. The van der Waals surface area contributed by atoms with E-state index in [0.717, 1.165) is 10.8 Å². The molecule has 0 heterocycles. The third-order valence-electron chi connectivity index (χ3n) is 3.62. The van der Waals surface area contributed by atoms with Crippen LogP contribution in [0.3, 0.4) is 0 Å². The van der Waals surface area contributed by atoms with Crippen molar-refractivity contribution < 1.29 is 19.1 Å². The maximum Gasteiger partial charge on any atom is 0.442 e. The van der Waals surface area contributed by atoms with E-state index in [1.54, 1.807) is 19.1 Å². The van der Waals surface area contributed by atoms with E-state index in [1.165, 1.54) is 0 Å². The van der Waals surface area contributed by atoms with Crippen LogP contribution in [0.2, 0.25) is 0 Å². The quantitative estimate of drug-likeness (QED) is 0.593. The number of Topliss-reactive ketones (excluding diaryl/α,β-unsaturated/α-hetero) is 1. The Bertz CT molecular complexity index is 797. The molecule has 0 saturated heterocycles. The predicted molar refractivity (Wildman–Crippen MR) is 98.1 cm³/mol. The fourth-order valence-electron chi connectivity index (χ4n) is 2.20. The molecule has 0 atom stereocenters. The number of hydrogen-bond acceptors (Lipinski definition) is 4. The fourth-order valence-corrected chi connectivity index (χ4v) is 2.20. The van der Waals surface area contributed by atoms with Crippen molar-refractivity contribution in [3.05, 3.63) is 42.5 Å². The van der Waals surface area contributed by atoms with Gasteiger partial charge in [-0.05, 0) is 18.4 Å². The largest absolute Gasteiger partial charge is 0.481 e. The van der Waals surface area contributed by atoms with Gasteiger partial charge in [-0.1, -0.05) is 57.2 Å². The van der Waals surface area contributed by atoms with Gasteiger partial charge in [0, 0.05) is 10.8 Å². The average molecular weight is 341 g/mol. The molecular weight excluding hydrogens is 318 g/mol. The standard InChI is InChI=1S/C20H23NO4/c1-5-24-18(13-17(22)20(2,3)4)21-19(23)25-16-12-8-10-14-9-6-7-11-15(14)16/h6-12H,5,13H2,1-4H3/b21-18-. The van der Waals surface area contributed by atoms with Crippen LogP contribution in [-0.2, 0) is 9.53 Å². The first-order chi connectivity index (χ1) is 11.8. The molecule has 0 N–H and O–H groups in total. The zero-order chi connectivity index (χ0) is 18.4. The van der Waals surface area contributed by atoms with Crippen LogP contribution in [0.25, 0.3) is 10.8 Å². The Kier molecular flexibility index (Phi) is 5.91. The van der Waals surface area contributed by atoms with Gasteiger partial charge in [0.2, 0.25) is 5.90 Å². The van der Waals surface area contributed by atoms with E-state index in [4.69, 9.17) is 9.47 Å². The highest BCUT2D eigenvalue weighted by Gasteiger charge is 2.24. The van der Waals surface area contributed by atoms with E-state index in [0.29, 0.717) is 12.4 Å². The van der Waals surface area contributed by atoms with Gasteiger partial charge in [0.1, 0.15) is 11.5 Å². The van der Waals surface area contributed by atoms with E-state index < -0.39 is 11.5 Å². The lowest BCUT2D eigenvalue weighted by molar-refractivity contribution is -0.125. The van der Waals surface area contributed by atoms with Gasteiger partial charge in [-0.15, -0.1) is 4.99 Å².